The Morgan fingerprint density at radius 2 is 1.69 bits per heavy atom. The first-order valence-corrected chi connectivity index (χ1v) is 10.4. The number of aromatic nitrogens is 1. The Hall–Kier alpha value is -2.11. The Kier molecular flexibility index (Phi) is 3.97. The number of sulfonamides is 1. The van der Waals surface area contributed by atoms with Gasteiger partial charge in [-0.25, -0.2) is 8.42 Å². The molecule has 0 atom stereocenters. The van der Waals surface area contributed by atoms with Gasteiger partial charge in [0.25, 0.3) is 0 Å². The van der Waals surface area contributed by atoms with E-state index >= 15 is 0 Å². The molecule has 0 bridgehead atoms. The van der Waals surface area contributed by atoms with Crippen molar-refractivity contribution in [2.45, 2.75) is 44.0 Å². The van der Waals surface area contributed by atoms with Gasteiger partial charge in [0.15, 0.2) is 0 Å². The number of nitrogens with one attached hydrogen (secondary N) is 1. The Balaban J connectivity index is 1.65. The van der Waals surface area contributed by atoms with Crippen LogP contribution in [0.1, 0.15) is 37.6 Å². The summed E-state index contributed by atoms with van der Waals surface area (Å²) in [5.74, 6) is 0. The molecule has 1 N–H and O–H groups in total. The van der Waals surface area contributed by atoms with E-state index in [0.29, 0.717) is 18.0 Å². The quantitative estimate of drug-likeness (QED) is 0.736. The minimum absolute atomic E-state index is 0.00662. The minimum atomic E-state index is -3.49. The van der Waals surface area contributed by atoms with Gasteiger partial charge < -0.3 is 4.98 Å². The molecule has 0 fully saturated rings. The summed E-state index contributed by atoms with van der Waals surface area (Å²) in [5.41, 5.74) is 4.47. The molecule has 3 aromatic rings. The Morgan fingerprint density at radius 1 is 1.00 bits per heavy atom. The van der Waals surface area contributed by atoms with E-state index in [0.717, 1.165) is 23.2 Å². The van der Waals surface area contributed by atoms with Gasteiger partial charge in [0.1, 0.15) is 0 Å². The highest BCUT2D eigenvalue weighted by Gasteiger charge is 2.30. The minimum Gasteiger partial charge on any atom is -0.357 e. The van der Waals surface area contributed by atoms with Crippen molar-refractivity contribution in [3.05, 3.63) is 65.4 Å². The molecule has 2 heterocycles. The van der Waals surface area contributed by atoms with Crippen LogP contribution < -0.4 is 0 Å². The van der Waals surface area contributed by atoms with Crippen molar-refractivity contribution in [2.24, 2.45) is 0 Å². The summed E-state index contributed by atoms with van der Waals surface area (Å²) >= 11 is 0. The van der Waals surface area contributed by atoms with Crippen LogP contribution in [-0.4, -0.2) is 24.3 Å². The number of benzene rings is 2. The van der Waals surface area contributed by atoms with Gasteiger partial charge >= 0.3 is 0 Å². The molecule has 0 spiro atoms. The van der Waals surface area contributed by atoms with E-state index in [9.17, 15) is 8.42 Å². The van der Waals surface area contributed by atoms with E-state index in [-0.39, 0.29) is 5.41 Å². The van der Waals surface area contributed by atoms with Crippen LogP contribution in [0, 0.1) is 0 Å². The monoisotopic (exact) mass is 368 g/mol. The van der Waals surface area contributed by atoms with Crippen LogP contribution in [0.15, 0.2) is 53.4 Å². The molecule has 1 aromatic heterocycles. The SMILES string of the molecule is CC(C)(C)c1ccc(S(=O)(=O)N2CCc3c([nH]c4ccccc34)C2)cc1. The van der Waals surface area contributed by atoms with Crippen LogP contribution in [0.3, 0.4) is 0 Å². The lowest BCUT2D eigenvalue weighted by atomic mass is 9.87. The Labute approximate surface area is 154 Å². The van der Waals surface area contributed by atoms with Crippen LogP contribution in [-0.2, 0) is 28.4 Å². The van der Waals surface area contributed by atoms with Crippen LogP contribution in [0.4, 0.5) is 0 Å². The van der Waals surface area contributed by atoms with Gasteiger partial charge in [-0.1, -0.05) is 51.1 Å². The van der Waals surface area contributed by atoms with Crippen molar-refractivity contribution in [3.8, 4) is 0 Å². The molecule has 4 rings (SSSR count). The lowest BCUT2D eigenvalue weighted by Crippen LogP contribution is -2.35. The smallest absolute Gasteiger partial charge is 0.243 e. The third-order valence-electron chi connectivity index (χ3n) is 5.21. The maximum Gasteiger partial charge on any atom is 0.243 e. The number of rotatable bonds is 2. The van der Waals surface area contributed by atoms with Crippen LogP contribution in [0.25, 0.3) is 10.9 Å². The number of H-pyrrole nitrogens is 1. The van der Waals surface area contributed by atoms with E-state index in [2.05, 4.69) is 31.8 Å². The molecule has 136 valence electrons. The molecular formula is C21H24N2O2S. The number of para-hydroxylation sites is 1. The number of fused-ring (bicyclic) bond motifs is 3. The van der Waals surface area contributed by atoms with Crippen molar-refractivity contribution in [1.82, 2.24) is 9.29 Å². The summed E-state index contributed by atoms with van der Waals surface area (Å²) < 4.78 is 27.8. The lowest BCUT2D eigenvalue weighted by Gasteiger charge is -2.27. The standard InChI is InChI=1S/C21H24N2O2S/c1-21(2,3)15-8-10-16(11-9-15)26(24,25)23-13-12-18-17-6-4-5-7-19(17)22-20(18)14-23/h4-11,22H,12-14H2,1-3H3. The molecule has 0 amide bonds. The van der Waals surface area contributed by atoms with Gasteiger partial charge in [-0.2, -0.15) is 4.31 Å². The van der Waals surface area contributed by atoms with Gasteiger partial charge in [-0.15, -0.1) is 0 Å². The zero-order valence-corrected chi connectivity index (χ0v) is 16.2. The Morgan fingerprint density at radius 3 is 2.38 bits per heavy atom. The van der Waals surface area contributed by atoms with Crippen LogP contribution >= 0.6 is 0 Å². The van der Waals surface area contributed by atoms with E-state index in [1.54, 1.807) is 16.4 Å². The maximum atomic E-state index is 13.1. The second-order valence-electron chi connectivity index (χ2n) is 7.99. The first kappa shape index (κ1) is 17.3. The Bertz CT molecular complexity index is 1060. The molecule has 4 nitrogen and oxygen atoms in total. The zero-order valence-electron chi connectivity index (χ0n) is 15.4. The van der Waals surface area contributed by atoms with Gasteiger partial charge in [-0.05, 0) is 41.2 Å². The fraction of sp³-hybridized carbons (Fsp3) is 0.333. The van der Waals surface area contributed by atoms with E-state index in [1.165, 1.54) is 10.9 Å². The summed E-state index contributed by atoms with van der Waals surface area (Å²) in [7, 11) is -3.49. The fourth-order valence-corrected chi connectivity index (χ4v) is 5.06. The molecule has 2 aromatic carbocycles. The highest BCUT2D eigenvalue weighted by Crippen LogP contribution is 2.31. The molecule has 0 radical (unpaired) electrons. The lowest BCUT2D eigenvalue weighted by molar-refractivity contribution is 0.388. The van der Waals surface area contributed by atoms with Crippen molar-refractivity contribution in [3.63, 3.8) is 0 Å². The predicted molar refractivity (Wildman–Crippen MR) is 105 cm³/mol. The third-order valence-corrected chi connectivity index (χ3v) is 7.07. The molecule has 0 unspecified atom stereocenters. The van der Waals surface area contributed by atoms with Crippen molar-refractivity contribution in [1.29, 1.82) is 0 Å². The van der Waals surface area contributed by atoms with Gasteiger partial charge in [0, 0.05) is 23.1 Å². The van der Waals surface area contributed by atoms with E-state index in [1.807, 2.05) is 30.3 Å². The number of nitrogens with zero attached hydrogens (tertiary/aromatic N) is 1. The summed E-state index contributed by atoms with van der Waals surface area (Å²) in [6, 6.07) is 15.5. The predicted octanol–water partition coefficient (Wildman–Crippen LogP) is 4.21. The number of hydrogen-bond donors (Lipinski definition) is 1. The number of hydrogen-bond acceptors (Lipinski definition) is 2. The van der Waals surface area contributed by atoms with E-state index < -0.39 is 10.0 Å². The molecular weight excluding hydrogens is 344 g/mol. The molecule has 0 saturated carbocycles. The summed E-state index contributed by atoms with van der Waals surface area (Å²) in [6.07, 6.45) is 0.735. The van der Waals surface area contributed by atoms with Crippen molar-refractivity contribution >= 4 is 20.9 Å². The first-order valence-electron chi connectivity index (χ1n) is 8.96. The second-order valence-corrected chi connectivity index (χ2v) is 9.93. The van der Waals surface area contributed by atoms with E-state index in [4.69, 9.17) is 0 Å². The van der Waals surface area contributed by atoms with Crippen molar-refractivity contribution < 1.29 is 8.42 Å². The van der Waals surface area contributed by atoms with Crippen LogP contribution in [0.5, 0.6) is 0 Å². The van der Waals surface area contributed by atoms with Gasteiger partial charge in [0.05, 0.1) is 11.4 Å². The zero-order chi connectivity index (χ0) is 18.5. The fourth-order valence-electron chi connectivity index (χ4n) is 3.65. The topological polar surface area (TPSA) is 53.2 Å². The largest absolute Gasteiger partial charge is 0.357 e. The average Bonchev–Trinajstić information content (AvgIpc) is 2.99. The number of aromatic amines is 1. The van der Waals surface area contributed by atoms with Gasteiger partial charge in [0.2, 0.25) is 10.0 Å². The summed E-state index contributed by atoms with van der Waals surface area (Å²) in [4.78, 5) is 3.76. The highest BCUT2D eigenvalue weighted by atomic mass is 32.2. The summed E-state index contributed by atoms with van der Waals surface area (Å²) in [5, 5.41) is 1.20. The second kappa shape index (κ2) is 5.96. The molecule has 5 heteroatoms. The maximum absolute atomic E-state index is 13.1. The summed E-state index contributed by atoms with van der Waals surface area (Å²) in [6.45, 7) is 7.28. The normalized spacial score (nSPS) is 16.0. The highest BCUT2D eigenvalue weighted by molar-refractivity contribution is 7.89. The molecule has 1 aliphatic heterocycles. The van der Waals surface area contributed by atoms with Crippen molar-refractivity contribution in [2.75, 3.05) is 6.54 Å². The molecule has 1 aliphatic rings. The molecule has 0 aliphatic carbocycles. The average molecular weight is 369 g/mol. The first-order chi connectivity index (χ1) is 12.3. The van der Waals surface area contributed by atoms with Crippen LogP contribution in [0.2, 0.25) is 0 Å². The molecule has 26 heavy (non-hydrogen) atoms. The third kappa shape index (κ3) is 2.85. The van der Waals surface area contributed by atoms with Gasteiger partial charge in [-0.3, -0.25) is 0 Å². The molecule has 0 saturated heterocycles.